The number of nitrogens with zero attached hydrogens (tertiary/aromatic N) is 4. The van der Waals surface area contributed by atoms with Gasteiger partial charge in [0.25, 0.3) is 5.91 Å². The van der Waals surface area contributed by atoms with Gasteiger partial charge in [-0.05, 0) is 41.1 Å². The third-order valence-electron chi connectivity index (χ3n) is 6.04. The Morgan fingerprint density at radius 3 is 2.50 bits per heavy atom. The van der Waals surface area contributed by atoms with Crippen molar-refractivity contribution in [1.82, 2.24) is 19.7 Å². The Labute approximate surface area is 206 Å². The minimum absolute atomic E-state index is 0.511. The second-order valence-corrected chi connectivity index (χ2v) is 8.39. The highest BCUT2D eigenvalue weighted by Gasteiger charge is 2.13. The van der Waals surface area contributed by atoms with Crippen LogP contribution in [0.1, 0.15) is 5.56 Å². The fourth-order valence-corrected chi connectivity index (χ4v) is 4.40. The molecule has 0 saturated heterocycles. The molecule has 0 aliphatic carbocycles. The first-order chi connectivity index (χ1) is 17.7. The van der Waals surface area contributed by atoms with Gasteiger partial charge in [0, 0.05) is 33.7 Å². The molecule has 0 saturated carbocycles. The number of rotatable bonds is 5. The summed E-state index contributed by atoms with van der Waals surface area (Å²) in [5.41, 5.74) is 4.26. The van der Waals surface area contributed by atoms with E-state index in [0.29, 0.717) is 18.1 Å². The molecule has 6 aromatic rings. The molecule has 0 unspecified atom stereocenters. The number of carbonyl (C=O) groups excluding carboxylic acids is 1. The van der Waals surface area contributed by atoms with Crippen LogP contribution in [0.3, 0.4) is 0 Å². The molecule has 0 spiro atoms. The van der Waals surface area contributed by atoms with Crippen LogP contribution in [-0.2, 0) is 11.3 Å². The molecule has 2 N–H and O–H groups in total. The molecule has 4 aromatic carbocycles. The Balaban J connectivity index is 1.44. The van der Waals surface area contributed by atoms with E-state index in [-0.39, 0.29) is 0 Å². The first-order valence-electron chi connectivity index (χ1n) is 11.4. The van der Waals surface area contributed by atoms with Crippen LogP contribution in [0.25, 0.3) is 32.6 Å². The molecule has 0 bridgehead atoms. The number of benzene rings is 4. The van der Waals surface area contributed by atoms with Gasteiger partial charge in [0.1, 0.15) is 12.1 Å². The zero-order chi connectivity index (χ0) is 24.5. The molecule has 7 nitrogen and oxygen atoms in total. The summed E-state index contributed by atoms with van der Waals surface area (Å²) in [6.07, 6.45) is 8.81. The number of nitrogens with one attached hydrogen (secondary N) is 2. The second kappa shape index (κ2) is 8.85. The van der Waals surface area contributed by atoms with Crippen LogP contribution in [0.5, 0.6) is 0 Å². The van der Waals surface area contributed by atoms with Gasteiger partial charge in [0.05, 0.1) is 17.6 Å². The zero-order valence-corrected chi connectivity index (χ0v) is 19.1. The predicted molar refractivity (Wildman–Crippen MR) is 143 cm³/mol. The summed E-state index contributed by atoms with van der Waals surface area (Å²) in [4.78, 5) is 20.5. The molecular weight excluding hydrogens is 448 g/mol. The molecule has 1 amide bonds. The van der Waals surface area contributed by atoms with E-state index in [9.17, 15) is 4.79 Å². The summed E-state index contributed by atoms with van der Waals surface area (Å²) in [6, 6.07) is 25.9. The Morgan fingerprint density at radius 2 is 1.67 bits per heavy atom. The first kappa shape index (κ1) is 21.3. The van der Waals surface area contributed by atoms with Crippen molar-refractivity contribution in [3.63, 3.8) is 0 Å². The van der Waals surface area contributed by atoms with Crippen LogP contribution in [0.15, 0.2) is 91.4 Å². The summed E-state index contributed by atoms with van der Waals surface area (Å²) in [6.45, 7) is 0.690. The predicted octanol–water partition coefficient (Wildman–Crippen LogP) is 5.50. The largest absolute Gasteiger partial charge is 0.339 e. The minimum Gasteiger partial charge on any atom is -0.339 e. The van der Waals surface area contributed by atoms with Crippen molar-refractivity contribution >= 4 is 55.7 Å². The Morgan fingerprint density at radius 1 is 0.861 bits per heavy atom. The molecule has 0 fully saturated rings. The van der Waals surface area contributed by atoms with Crippen LogP contribution < -0.4 is 10.6 Å². The van der Waals surface area contributed by atoms with Gasteiger partial charge < -0.3 is 10.6 Å². The van der Waals surface area contributed by atoms with Crippen molar-refractivity contribution in [2.24, 2.45) is 0 Å². The summed E-state index contributed by atoms with van der Waals surface area (Å²) in [5, 5.41) is 15.0. The van der Waals surface area contributed by atoms with E-state index >= 15 is 0 Å². The number of carbonyl (C=O) groups is 1. The summed E-state index contributed by atoms with van der Waals surface area (Å²) >= 11 is 0. The lowest BCUT2D eigenvalue weighted by molar-refractivity contribution is -0.111. The number of hydrogen-bond acceptors (Lipinski definition) is 5. The van der Waals surface area contributed by atoms with Crippen molar-refractivity contribution in [1.29, 1.82) is 0 Å². The van der Waals surface area contributed by atoms with Gasteiger partial charge in [-0.15, -0.1) is 6.42 Å². The van der Waals surface area contributed by atoms with Gasteiger partial charge in [0.2, 0.25) is 0 Å². The highest BCUT2D eigenvalue weighted by atomic mass is 16.1. The Kier molecular flexibility index (Phi) is 5.24. The van der Waals surface area contributed by atoms with E-state index in [2.05, 4.69) is 57.0 Å². The van der Waals surface area contributed by atoms with E-state index < -0.39 is 5.91 Å². The number of terminal acetylenes is 1. The smallest absolute Gasteiger partial charge is 0.300 e. The SMILES string of the molecule is C#CC(=O)Nc1ccc2ncnc(Nc3cc4nn(Cc5ccccc5)cc4c4ccccc34)c2c1. The molecule has 2 aromatic heterocycles. The van der Waals surface area contributed by atoms with Crippen LogP contribution in [0.2, 0.25) is 0 Å². The van der Waals surface area contributed by atoms with E-state index in [1.54, 1.807) is 6.07 Å². The van der Waals surface area contributed by atoms with E-state index in [4.69, 9.17) is 11.5 Å². The van der Waals surface area contributed by atoms with Crippen LogP contribution in [-0.4, -0.2) is 25.7 Å². The minimum atomic E-state index is -0.511. The van der Waals surface area contributed by atoms with Crippen molar-refractivity contribution in [2.45, 2.75) is 6.54 Å². The normalized spacial score (nSPS) is 11.0. The molecule has 0 atom stereocenters. The van der Waals surface area contributed by atoms with Crippen molar-refractivity contribution in [2.75, 3.05) is 10.6 Å². The topological polar surface area (TPSA) is 84.7 Å². The van der Waals surface area contributed by atoms with E-state index in [1.807, 2.05) is 53.2 Å². The number of hydrogen-bond donors (Lipinski definition) is 2. The summed E-state index contributed by atoms with van der Waals surface area (Å²) < 4.78 is 1.97. The lowest BCUT2D eigenvalue weighted by atomic mass is 10.0. The fraction of sp³-hybridized carbons (Fsp3) is 0.0345. The number of fused-ring (bicyclic) bond motifs is 4. The number of amides is 1. The maximum Gasteiger partial charge on any atom is 0.300 e. The molecule has 6 rings (SSSR count). The maximum absolute atomic E-state index is 11.7. The molecule has 172 valence electrons. The second-order valence-electron chi connectivity index (χ2n) is 8.39. The van der Waals surface area contributed by atoms with Gasteiger partial charge in [-0.25, -0.2) is 9.97 Å². The molecule has 36 heavy (non-hydrogen) atoms. The Bertz CT molecular complexity index is 1800. The molecule has 0 radical (unpaired) electrons. The molecular formula is C29H20N6O. The molecule has 7 heteroatoms. The Hall–Kier alpha value is -5.22. The van der Waals surface area contributed by atoms with Crippen molar-refractivity contribution in [3.8, 4) is 12.3 Å². The van der Waals surface area contributed by atoms with Gasteiger partial charge >= 0.3 is 0 Å². The number of aromatic nitrogens is 4. The third kappa shape index (κ3) is 3.97. The lowest BCUT2D eigenvalue weighted by Gasteiger charge is -2.12. The standard InChI is InChI=1S/C29H20N6O/c1-2-28(36)32-20-12-13-25-23(14-20)29(31-18-30-25)33-26-15-27-24(21-10-6-7-11-22(21)26)17-35(34-27)16-19-8-4-3-5-9-19/h1,3-15,17-18H,16H2,(H,32,36)(H,30,31,33). The first-order valence-corrected chi connectivity index (χ1v) is 11.4. The summed E-state index contributed by atoms with van der Waals surface area (Å²) in [7, 11) is 0. The average Bonchev–Trinajstić information content (AvgIpc) is 3.32. The number of anilines is 3. The maximum atomic E-state index is 11.7. The van der Waals surface area contributed by atoms with Crippen LogP contribution in [0, 0.1) is 12.3 Å². The molecule has 2 heterocycles. The fourth-order valence-electron chi connectivity index (χ4n) is 4.40. The van der Waals surface area contributed by atoms with Gasteiger partial charge in [-0.2, -0.15) is 5.10 Å². The monoisotopic (exact) mass is 468 g/mol. The molecule has 0 aliphatic heterocycles. The van der Waals surface area contributed by atoms with E-state index in [1.165, 1.54) is 11.9 Å². The average molecular weight is 469 g/mol. The van der Waals surface area contributed by atoms with Gasteiger partial charge in [-0.3, -0.25) is 9.48 Å². The van der Waals surface area contributed by atoms with Gasteiger partial charge in [-0.1, -0.05) is 54.6 Å². The van der Waals surface area contributed by atoms with Crippen molar-refractivity contribution in [3.05, 3.63) is 97.0 Å². The highest BCUT2D eigenvalue weighted by molar-refractivity contribution is 6.13. The van der Waals surface area contributed by atoms with Crippen molar-refractivity contribution < 1.29 is 4.79 Å². The van der Waals surface area contributed by atoms with Crippen LogP contribution in [0.4, 0.5) is 17.2 Å². The highest BCUT2D eigenvalue weighted by Crippen LogP contribution is 2.34. The van der Waals surface area contributed by atoms with Crippen LogP contribution >= 0.6 is 0 Å². The van der Waals surface area contributed by atoms with E-state index in [0.717, 1.165) is 38.3 Å². The molecule has 0 aliphatic rings. The quantitative estimate of drug-likeness (QED) is 0.327. The summed E-state index contributed by atoms with van der Waals surface area (Å²) in [5.74, 6) is 2.17. The lowest BCUT2D eigenvalue weighted by Crippen LogP contribution is -2.08. The third-order valence-corrected chi connectivity index (χ3v) is 6.04. The van der Waals surface area contributed by atoms with Gasteiger partial charge in [0.15, 0.2) is 0 Å². The zero-order valence-electron chi connectivity index (χ0n) is 19.1.